The van der Waals surface area contributed by atoms with Crippen molar-refractivity contribution in [1.82, 2.24) is 4.90 Å². The zero-order chi connectivity index (χ0) is 12.9. The van der Waals surface area contributed by atoms with Gasteiger partial charge in [-0.2, -0.15) is 0 Å². The van der Waals surface area contributed by atoms with E-state index in [1.807, 2.05) is 13.8 Å². The van der Waals surface area contributed by atoms with Gasteiger partial charge in [0.1, 0.15) is 6.04 Å². The van der Waals surface area contributed by atoms with E-state index in [0.29, 0.717) is 6.42 Å². The van der Waals surface area contributed by atoms with Crippen molar-refractivity contribution >= 4 is 5.97 Å². The fraction of sp³-hybridized carbons (Fsp3) is 0.923. The zero-order valence-electron chi connectivity index (χ0n) is 11.2. The predicted molar refractivity (Wildman–Crippen MR) is 67.1 cm³/mol. The Bertz CT molecular complexity index is 247. The van der Waals surface area contributed by atoms with Crippen LogP contribution in [-0.2, 0) is 9.53 Å². The van der Waals surface area contributed by atoms with Gasteiger partial charge in [-0.25, -0.2) is 0 Å². The summed E-state index contributed by atoms with van der Waals surface area (Å²) < 4.78 is 5.51. The first-order valence-corrected chi connectivity index (χ1v) is 6.57. The molecule has 4 nitrogen and oxygen atoms in total. The maximum absolute atomic E-state index is 11.1. The summed E-state index contributed by atoms with van der Waals surface area (Å²) in [7, 11) is 0. The molecule has 1 rings (SSSR count). The van der Waals surface area contributed by atoms with E-state index in [4.69, 9.17) is 9.84 Å². The highest BCUT2D eigenvalue weighted by atomic mass is 16.5. The Morgan fingerprint density at radius 1 is 1.41 bits per heavy atom. The number of ether oxygens (including phenoxy) is 1. The molecular formula is C13H25NO3. The highest BCUT2D eigenvalue weighted by Crippen LogP contribution is 2.32. The first-order valence-electron chi connectivity index (χ1n) is 6.57. The molecule has 0 aromatic carbocycles. The Morgan fingerprint density at radius 3 is 2.41 bits per heavy atom. The first-order chi connectivity index (χ1) is 8.02. The number of hydrogen-bond donors (Lipinski definition) is 1. The molecule has 17 heavy (non-hydrogen) atoms. The lowest BCUT2D eigenvalue weighted by Gasteiger charge is -2.41. The molecule has 4 heteroatoms. The van der Waals surface area contributed by atoms with Gasteiger partial charge in [0.15, 0.2) is 0 Å². The molecule has 100 valence electrons. The first kappa shape index (κ1) is 14.5. The Labute approximate surface area is 104 Å². The SMILES string of the molecule is CCOCC1(C)CCN([C@H](CC)C(=O)O)CC1. The van der Waals surface area contributed by atoms with E-state index >= 15 is 0 Å². The van der Waals surface area contributed by atoms with Gasteiger partial charge in [-0.05, 0) is 44.7 Å². The molecule has 0 unspecified atom stereocenters. The van der Waals surface area contributed by atoms with Gasteiger partial charge in [0.25, 0.3) is 0 Å². The van der Waals surface area contributed by atoms with E-state index in [9.17, 15) is 4.79 Å². The number of likely N-dealkylation sites (tertiary alicyclic amines) is 1. The van der Waals surface area contributed by atoms with Gasteiger partial charge in [0.2, 0.25) is 0 Å². The second-order valence-corrected chi connectivity index (χ2v) is 5.25. The highest BCUT2D eigenvalue weighted by Gasteiger charge is 2.34. The van der Waals surface area contributed by atoms with Gasteiger partial charge < -0.3 is 9.84 Å². The summed E-state index contributed by atoms with van der Waals surface area (Å²) in [4.78, 5) is 13.2. The summed E-state index contributed by atoms with van der Waals surface area (Å²) in [6.07, 6.45) is 2.73. The summed E-state index contributed by atoms with van der Waals surface area (Å²) in [6, 6.07) is -0.313. The van der Waals surface area contributed by atoms with Gasteiger partial charge in [0, 0.05) is 6.61 Å². The average Bonchev–Trinajstić information content (AvgIpc) is 2.30. The van der Waals surface area contributed by atoms with Crippen LogP contribution in [0.1, 0.15) is 40.0 Å². The fourth-order valence-corrected chi connectivity index (χ4v) is 2.46. The number of nitrogens with zero attached hydrogens (tertiary/aromatic N) is 1. The minimum absolute atomic E-state index is 0.226. The van der Waals surface area contributed by atoms with E-state index in [-0.39, 0.29) is 11.5 Å². The molecule has 0 saturated carbocycles. The molecule has 0 spiro atoms. The standard InChI is InChI=1S/C13H25NO3/c1-4-11(12(15)16)14-8-6-13(3,7-9-14)10-17-5-2/h11H,4-10H2,1-3H3,(H,15,16)/t11-/m1/s1. The summed E-state index contributed by atoms with van der Waals surface area (Å²) in [6.45, 7) is 9.47. The minimum atomic E-state index is -0.694. The molecule has 1 atom stereocenters. The Balaban J connectivity index is 2.46. The Morgan fingerprint density at radius 2 is 2.00 bits per heavy atom. The van der Waals surface area contributed by atoms with Crippen LogP contribution in [0.4, 0.5) is 0 Å². The summed E-state index contributed by atoms with van der Waals surface area (Å²) in [5.41, 5.74) is 0.226. The Kier molecular flexibility index (Phi) is 5.40. The third-order valence-electron chi connectivity index (χ3n) is 3.77. The van der Waals surface area contributed by atoms with Crippen LogP contribution < -0.4 is 0 Å². The zero-order valence-corrected chi connectivity index (χ0v) is 11.2. The van der Waals surface area contributed by atoms with Crippen molar-refractivity contribution < 1.29 is 14.6 Å². The monoisotopic (exact) mass is 243 g/mol. The average molecular weight is 243 g/mol. The summed E-state index contributed by atoms with van der Waals surface area (Å²) >= 11 is 0. The number of hydrogen-bond acceptors (Lipinski definition) is 3. The van der Waals surface area contributed by atoms with Crippen molar-refractivity contribution in [3.63, 3.8) is 0 Å². The van der Waals surface area contributed by atoms with Crippen molar-refractivity contribution in [1.29, 1.82) is 0 Å². The number of aliphatic carboxylic acids is 1. The minimum Gasteiger partial charge on any atom is -0.480 e. The predicted octanol–water partition coefficient (Wildman–Crippen LogP) is 1.99. The number of carboxylic acid groups (broad SMARTS) is 1. The third kappa shape index (κ3) is 3.96. The van der Waals surface area contributed by atoms with Gasteiger partial charge in [0.05, 0.1) is 6.61 Å². The molecule has 1 heterocycles. The van der Waals surface area contributed by atoms with E-state index in [2.05, 4.69) is 11.8 Å². The van der Waals surface area contributed by atoms with Crippen LogP contribution in [0.5, 0.6) is 0 Å². The lowest BCUT2D eigenvalue weighted by Crippen LogP contribution is -2.48. The molecule has 1 aliphatic heterocycles. The number of carboxylic acids is 1. The number of rotatable bonds is 6. The maximum atomic E-state index is 11.1. The van der Waals surface area contributed by atoms with Crippen LogP contribution in [0.25, 0.3) is 0 Å². The lowest BCUT2D eigenvalue weighted by atomic mass is 9.80. The van der Waals surface area contributed by atoms with E-state index in [1.54, 1.807) is 0 Å². The van der Waals surface area contributed by atoms with Crippen LogP contribution >= 0.6 is 0 Å². The molecule has 0 aliphatic carbocycles. The molecule has 0 radical (unpaired) electrons. The van der Waals surface area contributed by atoms with Crippen molar-refractivity contribution in [2.45, 2.75) is 46.1 Å². The lowest BCUT2D eigenvalue weighted by molar-refractivity contribution is -0.144. The second-order valence-electron chi connectivity index (χ2n) is 5.25. The van der Waals surface area contributed by atoms with Gasteiger partial charge in [-0.1, -0.05) is 13.8 Å². The van der Waals surface area contributed by atoms with Gasteiger partial charge in [-0.15, -0.1) is 0 Å². The maximum Gasteiger partial charge on any atom is 0.320 e. The molecule has 0 aromatic heterocycles. The third-order valence-corrected chi connectivity index (χ3v) is 3.77. The van der Waals surface area contributed by atoms with Gasteiger partial charge in [-0.3, -0.25) is 9.69 Å². The molecule has 0 aromatic rings. The molecular weight excluding hydrogens is 218 g/mol. The van der Waals surface area contributed by atoms with Crippen LogP contribution in [0.2, 0.25) is 0 Å². The van der Waals surface area contributed by atoms with Crippen molar-refractivity contribution in [2.75, 3.05) is 26.3 Å². The van der Waals surface area contributed by atoms with E-state index in [0.717, 1.165) is 39.1 Å². The van der Waals surface area contributed by atoms with Crippen molar-refractivity contribution in [3.05, 3.63) is 0 Å². The van der Waals surface area contributed by atoms with Gasteiger partial charge >= 0.3 is 5.97 Å². The normalized spacial score (nSPS) is 22.3. The molecule has 1 fully saturated rings. The van der Waals surface area contributed by atoms with Crippen molar-refractivity contribution in [2.24, 2.45) is 5.41 Å². The molecule has 1 saturated heterocycles. The van der Waals surface area contributed by atoms with Crippen molar-refractivity contribution in [3.8, 4) is 0 Å². The Hall–Kier alpha value is -0.610. The molecule has 0 bridgehead atoms. The largest absolute Gasteiger partial charge is 0.480 e. The number of carbonyl (C=O) groups is 1. The summed E-state index contributed by atoms with van der Waals surface area (Å²) in [5, 5.41) is 9.13. The number of piperidine rings is 1. The summed E-state index contributed by atoms with van der Waals surface area (Å²) in [5.74, 6) is -0.694. The highest BCUT2D eigenvalue weighted by molar-refractivity contribution is 5.73. The second kappa shape index (κ2) is 6.36. The van der Waals surface area contributed by atoms with E-state index in [1.165, 1.54) is 0 Å². The van der Waals surface area contributed by atoms with Crippen LogP contribution in [0, 0.1) is 5.41 Å². The quantitative estimate of drug-likeness (QED) is 0.775. The fourth-order valence-electron chi connectivity index (χ4n) is 2.46. The van der Waals surface area contributed by atoms with Crippen LogP contribution in [0.3, 0.4) is 0 Å². The van der Waals surface area contributed by atoms with E-state index < -0.39 is 5.97 Å². The topological polar surface area (TPSA) is 49.8 Å². The van der Waals surface area contributed by atoms with Crippen LogP contribution in [0.15, 0.2) is 0 Å². The van der Waals surface area contributed by atoms with Crippen LogP contribution in [-0.4, -0.2) is 48.3 Å². The molecule has 1 aliphatic rings. The smallest absolute Gasteiger partial charge is 0.320 e. The molecule has 1 N–H and O–H groups in total. The molecule has 0 amide bonds.